The fraction of sp³-hybridized carbons (Fsp3) is 0.111. The van der Waals surface area contributed by atoms with E-state index in [4.69, 9.17) is 11.5 Å². The lowest BCUT2D eigenvalue weighted by atomic mass is 10.2. The second kappa shape index (κ2) is 4.93. The molecular weight excluding hydrogens is 246 g/mol. The highest BCUT2D eigenvalue weighted by Crippen LogP contribution is 2.09. The predicted octanol–water partition coefficient (Wildman–Crippen LogP) is -1.45. The molecule has 0 fully saturated rings. The minimum absolute atomic E-state index is 0.0799. The molecule has 7 nitrogen and oxygen atoms in total. The molecule has 0 heterocycles. The van der Waals surface area contributed by atoms with E-state index in [1.54, 1.807) is 0 Å². The van der Waals surface area contributed by atoms with Gasteiger partial charge in [-0.05, 0) is 24.3 Å². The molecule has 0 aliphatic heterocycles. The van der Waals surface area contributed by atoms with E-state index in [9.17, 15) is 18.0 Å². The zero-order chi connectivity index (χ0) is 13.1. The molecule has 0 unspecified atom stereocenters. The van der Waals surface area contributed by atoms with E-state index in [0.29, 0.717) is 0 Å². The molecule has 5 N–H and O–H groups in total. The summed E-state index contributed by atoms with van der Waals surface area (Å²) >= 11 is 0. The maximum Gasteiger partial charge on any atom is 0.248 e. The van der Waals surface area contributed by atoms with Crippen molar-refractivity contribution in [3.05, 3.63) is 29.8 Å². The number of benzene rings is 1. The molecule has 2 amide bonds. The molecule has 0 spiro atoms. The van der Waals surface area contributed by atoms with Crippen LogP contribution >= 0.6 is 0 Å². The van der Waals surface area contributed by atoms with Crippen LogP contribution in [0.1, 0.15) is 10.4 Å². The van der Waals surface area contributed by atoms with Gasteiger partial charge in [-0.1, -0.05) is 0 Å². The molecule has 1 aromatic rings. The molecule has 0 aromatic heterocycles. The number of carbonyl (C=O) groups is 2. The summed E-state index contributed by atoms with van der Waals surface area (Å²) in [5.41, 5.74) is 10.0. The molecule has 8 heteroatoms. The number of amides is 2. The second-order valence-electron chi connectivity index (χ2n) is 3.18. The Morgan fingerprint density at radius 1 is 1.12 bits per heavy atom. The van der Waals surface area contributed by atoms with Gasteiger partial charge >= 0.3 is 0 Å². The molecule has 0 saturated heterocycles. The average Bonchev–Trinajstić information content (AvgIpc) is 2.27. The molecule has 1 aromatic carbocycles. The van der Waals surface area contributed by atoms with Crippen LogP contribution in [-0.4, -0.2) is 26.8 Å². The Morgan fingerprint density at radius 3 is 2.06 bits per heavy atom. The fourth-order valence-corrected chi connectivity index (χ4v) is 2.04. The van der Waals surface area contributed by atoms with E-state index in [2.05, 4.69) is 0 Å². The van der Waals surface area contributed by atoms with Crippen molar-refractivity contribution in [3.63, 3.8) is 0 Å². The van der Waals surface area contributed by atoms with Gasteiger partial charge in [0.25, 0.3) is 0 Å². The number of carbonyl (C=O) groups excluding carboxylic acids is 2. The first-order chi connectivity index (χ1) is 7.83. The summed E-state index contributed by atoms with van der Waals surface area (Å²) < 4.78 is 25.2. The van der Waals surface area contributed by atoms with Crippen LogP contribution in [0.2, 0.25) is 0 Å². The Morgan fingerprint density at radius 2 is 1.65 bits per heavy atom. The first-order valence-electron chi connectivity index (χ1n) is 4.51. The number of hydrogen-bond donors (Lipinski definition) is 3. The molecule has 0 aliphatic rings. The van der Waals surface area contributed by atoms with Gasteiger partial charge in [-0.15, -0.1) is 0 Å². The zero-order valence-corrected chi connectivity index (χ0v) is 9.53. The maximum atomic E-state index is 11.6. The summed E-state index contributed by atoms with van der Waals surface area (Å²) in [4.78, 5) is 21.1. The molecule has 0 bridgehead atoms. The van der Waals surface area contributed by atoms with E-state index in [1.165, 1.54) is 24.3 Å². The van der Waals surface area contributed by atoms with Crippen LogP contribution in [0, 0.1) is 0 Å². The maximum absolute atomic E-state index is 11.6. The standard InChI is InChI=1S/C9H11N3O4S/c10-8(13)5-12-17(15,16)7-3-1-6(2-4-7)9(11)14/h1-4,12H,5H2,(H2,10,13)(H2,11,14). The largest absolute Gasteiger partial charge is 0.369 e. The molecule has 0 atom stereocenters. The molecule has 0 radical (unpaired) electrons. The summed E-state index contributed by atoms with van der Waals surface area (Å²) in [7, 11) is -3.80. The zero-order valence-electron chi connectivity index (χ0n) is 8.71. The van der Waals surface area contributed by atoms with Crippen LogP contribution in [0.3, 0.4) is 0 Å². The van der Waals surface area contributed by atoms with Gasteiger partial charge in [0.2, 0.25) is 21.8 Å². The van der Waals surface area contributed by atoms with Crippen molar-refractivity contribution in [2.75, 3.05) is 6.54 Å². The van der Waals surface area contributed by atoms with Crippen molar-refractivity contribution >= 4 is 21.8 Å². The van der Waals surface area contributed by atoms with Crippen molar-refractivity contribution < 1.29 is 18.0 Å². The SMILES string of the molecule is NC(=O)CNS(=O)(=O)c1ccc(C(N)=O)cc1. The lowest BCUT2D eigenvalue weighted by molar-refractivity contribution is -0.116. The second-order valence-corrected chi connectivity index (χ2v) is 4.95. The van der Waals surface area contributed by atoms with Crippen molar-refractivity contribution in [2.45, 2.75) is 4.90 Å². The number of primary amides is 2. The van der Waals surface area contributed by atoms with Crippen LogP contribution in [0.5, 0.6) is 0 Å². The van der Waals surface area contributed by atoms with Gasteiger partial charge < -0.3 is 11.5 Å². The van der Waals surface area contributed by atoms with E-state index in [1.807, 2.05) is 4.72 Å². The van der Waals surface area contributed by atoms with Gasteiger partial charge in [0.15, 0.2) is 0 Å². The van der Waals surface area contributed by atoms with E-state index < -0.39 is 28.4 Å². The van der Waals surface area contributed by atoms with E-state index >= 15 is 0 Å². The van der Waals surface area contributed by atoms with Crippen LogP contribution in [0.15, 0.2) is 29.2 Å². The number of sulfonamides is 1. The first kappa shape index (κ1) is 13.1. The van der Waals surface area contributed by atoms with Crippen LogP contribution in [0.25, 0.3) is 0 Å². The Balaban J connectivity index is 2.92. The fourth-order valence-electron chi connectivity index (χ4n) is 1.05. The monoisotopic (exact) mass is 257 g/mol. The van der Waals surface area contributed by atoms with Gasteiger partial charge in [-0.2, -0.15) is 0 Å². The van der Waals surface area contributed by atoms with E-state index in [0.717, 1.165) is 0 Å². The first-order valence-corrected chi connectivity index (χ1v) is 5.99. The quantitative estimate of drug-likeness (QED) is 0.595. The summed E-state index contributed by atoms with van der Waals surface area (Å²) in [5, 5.41) is 0. The smallest absolute Gasteiger partial charge is 0.248 e. The van der Waals surface area contributed by atoms with Crippen molar-refractivity contribution in [3.8, 4) is 0 Å². The van der Waals surface area contributed by atoms with Crippen molar-refractivity contribution in [1.29, 1.82) is 0 Å². The third-order valence-electron chi connectivity index (χ3n) is 1.89. The van der Waals surface area contributed by atoms with Crippen molar-refractivity contribution in [1.82, 2.24) is 4.72 Å². The number of hydrogen-bond acceptors (Lipinski definition) is 4. The summed E-state index contributed by atoms with van der Waals surface area (Å²) in [6.07, 6.45) is 0. The number of rotatable bonds is 5. The lowest BCUT2D eigenvalue weighted by Gasteiger charge is -2.05. The van der Waals surface area contributed by atoms with Gasteiger partial charge in [0, 0.05) is 5.56 Å². The third-order valence-corrected chi connectivity index (χ3v) is 3.30. The Bertz CT molecular complexity index is 536. The number of nitrogens with two attached hydrogens (primary N) is 2. The summed E-state index contributed by atoms with van der Waals surface area (Å²) in [6, 6.07) is 4.98. The van der Waals surface area contributed by atoms with Crippen LogP contribution < -0.4 is 16.2 Å². The Kier molecular flexibility index (Phi) is 3.81. The van der Waals surface area contributed by atoms with E-state index in [-0.39, 0.29) is 10.5 Å². The summed E-state index contributed by atoms with van der Waals surface area (Å²) in [5.74, 6) is -1.44. The highest BCUT2D eigenvalue weighted by atomic mass is 32.2. The lowest BCUT2D eigenvalue weighted by Crippen LogP contribution is -2.33. The molecular formula is C9H11N3O4S. The van der Waals surface area contributed by atoms with Gasteiger partial charge in [-0.25, -0.2) is 13.1 Å². The molecule has 0 saturated carbocycles. The van der Waals surface area contributed by atoms with Gasteiger partial charge in [0.05, 0.1) is 11.4 Å². The Hall–Kier alpha value is -1.93. The highest BCUT2D eigenvalue weighted by Gasteiger charge is 2.14. The Labute approximate surface area is 97.8 Å². The molecule has 0 aliphatic carbocycles. The minimum atomic E-state index is -3.80. The summed E-state index contributed by atoms with van der Waals surface area (Å²) in [6.45, 7) is -0.486. The third kappa shape index (κ3) is 3.54. The highest BCUT2D eigenvalue weighted by molar-refractivity contribution is 7.89. The molecule has 92 valence electrons. The average molecular weight is 257 g/mol. The molecule has 17 heavy (non-hydrogen) atoms. The predicted molar refractivity (Wildman–Crippen MR) is 59.3 cm³/mol. The topological polar surface area (TPSA) is 132 Å². The van der Waals surface area contributed by atoms with Gasteiger partial charge in [-0.3, -0.25) is 9.59 Å². The van der Waals surface area contributed by atoms with Crippen LogP contribution in [-0.2, 0) is 14.8 Å². The minimum Gasteiger partial charge on any atom is -0.369 e. The molecule has 1 rings (SSSR count). The van der Waals surface area contributed by atoms with Crippen molar-refractivity contribution in [2.24, 2.45) is 11.5 Å². The van der Waals surface area contributed by atoms with Crippen LogP contribution in [0.4, 0.5) is 0 Å². The number of nitrogens with one attached hydrogen (secondary N) is 1. The normalized spacial score (nSPS) is 11.1. The van der Waals surface area contributed by atoms with Gasteiger partial charge in [0.1, 0.15) is 0 Å².